The predicted octanol–water partition coefficient (Wildman–Crippen LogP) is 4.57. The van der Waals surface area contributed by atoms with Crippen molar-refractivity contribution in [2.24, 2.45) is 0 Å². The molecular formula is C29H31FN3O3+. The highest BCUT2D eigenvalue weighted by molar-refractivity contribution is 6.36. The zero-order valence-electron chi connectivity index (χ0n) is 21.0. The molecule has 0 saturated heterocycles. The smallest absolute Gasteiger partial charge is 0.271 e. The molecule has 0 aliphatic heterocycles. The van der Waals surface area contributed by atoms with Crippen molar-refractivity contribution in [2.45, 2.75) is 39.7 Å². The van der Waals surface area contributed by atoms with Gasteiger partial charge < -0.3 is 10.1 Å². The van der Waals surface area contributed by atoms with Gasteiger partial charge >= 0.3 is 0 Å². The predicted molar refractivity (Wildman–Crippen MR) is 137 cm³/mol. The van der Waals surface area contributed by atoms with Crippen LogP contribution in [0.2, 0.25) is 0 Å². The molecule has 0 spiro atoms. The molecular weight excluding hydrogens is 457 g/mol. The van der Waals surface area contributed by atoms with Gasteiger partial charge in [-0.15, -0.1) is 0 Å². The number of fused-ring (bicyclic) bond motifs is 1. The number of pyridine rings is 1. The molecule has 4 rings (SSSR count). The van der Waals surface area contributed by atoms with Crippen molar-refractivity contribution in [1.82, 2.24) is 10.3 Å². The minimum absolute atomic E-state index is 0.119. The number of hydrogen-bond donors (Lipinski definition) is 2. The molecule has 1 aliphatic rings. The second-order valence-electron chi connectivity index (χ2n) is 9.08. The van der Waals surface area contributed by atoms with Crippen LogP contribution in [0.3, 0.4) is 0 Å². The number of amides is 1. The maximum atomic E-state index is 14.2. The summed E-state index contributed by atoms with van der Waals surface area (Å²) in [7, 11) is 1.47. The first-order valence-electron chi connectivity index (χ1n) is 12.1. The van der Waals surface area contributed by atoms with Gasteiger partial charge in [-0.25, -0.2) is 4.39 Å². The van der Waals surface area contributed by atoms with Crippen molar-refractivity contribution < 1.29 is 23.9 Å². The summed E-state index contributed by atoms with van der Waals surface area (Å²) in [4.78, 5) is 17.8. The monoisotopic (exact) mass is 488 g/mol. The molecule has 186 valence electrons. The van der Waals surface area contributed by atoms with Crippen LogP contribution in [0.25, 0.3) is 5.57 Å². The molecule has 0 bridgehead atoms. The Balaban J connectivity index is 1.69. The highest BCUT2D eigenvalue weighted by Gasteiger charge is 2.40. The number of halogens is 1. The van der Waals surface area contributed by atoms with E-state index in [0.717, 1.165) is 22.4 Å². The molecule has 1 amide bonds. The van der Waals surface area contributed by atoms with Gasteiger partial charge in [0.05, 0.1) is 12.2 Å². The first kappa shape index (κ1) is 25.1. The second-order valence-corrected chi connectivity index (χ2v) is 9.08. The highest BCUT2D eigenvalue weighted by atomic mass is 19.1. The molecule has 0 fully saturated rings. The van der Waals surface area contributed by atoms with E-state index in [9.17, 15) is 14.4 Å². The average molecular weight is 489 g/mol. The lowest BCUT2D eigenvalue weighted by Gasteiger charge is -2.11. The van der Waals surface area contributed by atoms with E-state index in [1.54, 1.807) is 18.2 Å². The molecule has 1 aromatic heterocycles. The molecule has 36 heavy (non-hydrogen) atoms. The van der Waals surface area contributed by atoms with Crippen LogP contribution in [-0.2, 0) is 17.6 Å². The van der Waals surface area contributed by atoms with Crippen LogP contribution in [0, 0.1) is 5.82 Å². The lowest BCUT2D eigenvalue weighted by Crippen LogP contribution is -2.35. The van der Waals surface area contributed by atoms with Gasteiger partial charge in [-0.2, -0.15) is 0 Å². The molecule has 0 radical (unpaired) electrons. The van der Waals surface area contributed by atoms with Gasteiger partial charge in [-0.1, -0.05) is 25.1 Å². The zero-order chi connectivity index (χ0) is 25.8. The molecule has 7 heteroatoms. The number of aryl methyl sites for hydroxylation is 1. The number of hydroxylamine groups is 1. The number of benzene rings is 2. The number of carbonyl (C=O) groups is 1. The number of hydrogen-bond acceptors (Lipinski definition) is 4. The Morgan fingerprint density at radius 1 is 1.14 bits per heavy atom. The number of aromatic nitrogens is 1. The zero-order valence-corrected chi connectivity index (χ0v) is 21.0. The molecule has 0 unspecified atom stereocenters. The summed E-state index contributed by atoms with van der Waals surface area (Å²) in [5.41, 5.74) is 5.22. The van der Waals surface area contributed by atoms with Crippen molar-refractivity contribution in [2.75, 3.05) is 13.7 Å². The van der Waals surface area contributed by atoms with E-state index < -0.39 is 5.82 Å². The van der Waals surface area contributed by atoms with Crippen LogP contribution in [-0.4, -0.2) is 46.2 Å². The summed E-state index contributed by atoms with van der Waals surface area (Å²) in [6, 6.07) is 15.5. The van der Waals surface area contributed by atoms with Crippen LogP contribution in [0.15, 0.2) is 66.4 Å². The molecule has 2 N–H and O–H groups in total. The van der Waals surface area contributed by atoms with Crippen LogP contribution in [0.4, 0.5) is 4.39 Å². The van der Waals surface area contributed by atoms with Crippen LogP contribution < -0.4 is 10.1 Å². The van der Waals surface area contributed by atoms with Crippen LogP contribution in [0.5, 0.6) is 5.75 Å². The first-order chi connectivity index (χ1) is 17.3. The SMILES string of the molecule is CCc1ccc(CCOc2ccc3c(c2)/C(=[N+](/C)O)C(C(=O)NC(C)C)=C3c2cccc(F)c2)nc1. The van der Waals surface area contributed by atoms with Crippen molar-refractivity contribution in [1.29, 1.82) is 0 Å². The summed E-state index contributed by atoms with van der Waals surface area (Å²) in [6.45, 7) is 6.24. The lowest BCUT2D eigenvalue weighted by molar-refractivity contribution is -0.753. The number of nitrogens with one attached hydrogen (secondary N) is 1. The molecule has 2 aromatic carbocycles. The third-order valence-electron chi connectivity index (χ3n) is 6.01. The molecule has 3 aromatic rings. The van der Waals surface area contributed by atoms with Gasteiger partial charge in [-0.3, -0.25) is 15.0 Å². The molecule has 1 aliphatic carbocycles. The van der Waals surface area contributed by atoms with Crippen LogP contribution >= 0.6 is 0 Å². The van der Waals surface area contributed by atoms with Gasteiger partial charge in [0.15, 0.2) is 7.05 Å². The Bertz CT molecular complexity index is 1340. The number of nitrogens with zero attached hydrogens (tertiary/aromatic N) is 2. The van der Waals surface area contributed by atoms with Gasteiger partial charge in [0.1, 0.15) is 17.1 Å². The lowest BCUT2D eigenvalue weighted by atomic mass is 9.97. The van der Waals surface area contributed by atoms with Gasteiger partial charge in [0, 0.05) is 29.9 Å². The van der Waals surface area contributed by atoms with E-state index in [1.165, 1.54) is 24.7 Å². The van der Waals surface area contributed by atoms with Crippen LogP contribution in [0.1, 0.15) is 48.7 Å². The standard InChI is InChI=1S/C29H30FN3O3/c1-5-19-9-10-22(31-17-19)13-14-36-23-11-12-24-25(16-23)28(33(4)35)27(29(34)32-18(2)3)26(24)20-7-6-8-21(30)15-20/h6-12,15-18H,5,13-14H2,1-4H3,(H-,32,34,35)/p+1. The fourth-order valence-electron chi connectivity index (χ4n) is 4.34. The Kier molecular flexibility index (Phi) is 7.48. The normalized spacial score (nSPS) is 14.2. The van der Waals surface area contributed by atoms with E-state index in [2.05, 4.69) is 23.3 Å². The number of rotatable bonds is 8. The molecule has 6 nitrogen and oxygen atoms in total. The van der Waals surface area contributed by atoms with Crippen molar-refractivity contribution in [3.8, 4) is 5.75 Å². The van der Waals surface area contributed by atoms with Gasteiger partial charge in [0.25, 0.3) is 11.6 Å². The average Bonchev–Trinajstić information content (AvgIpc) is 3.19. The Labute approximate surface area is 210 Å². The summed E-state index contributed by atoms with van der Waals surface area (Å²) in [5, 5.41) is 13.5. The maximum absolute atomic E-state index is 14.2. The van der Waals surface area contributed by atoms with E-state index in [1.807, 2.05) is 38.2 Å². The fourth-order valence-corrected chi connectivity index (χ4v) is 4.34. The van der Waals surface area contributed by atoms with E-state index in [-0.39, 0.29) is 17.5 Å². The number of carbonyl (C=O) groups excluding carboxylic acids is 1. The Morgan fingerprint density at radius 2 is 1.94 bits per heavy atom. The summed E-state index contributed by atoms with van der Waals surface area (Å²) in [6.07, 6.45) is 3.47. The Hall–Kier alpha value is -4.00. The third-order valence-corrected chi connectivity index (χ3v) is 6.01. The van der Waals surface area contributed by atoms with Crippen molar-refractivity contribution in [3.05, 3.63) is 100 Å². The van der Waals surface area contributed by atoms with E-state index in [0.29, 0.717) is 41.2 Å². The minimum Gasteiger partial charge on any atom is -0.493 e. The third kappa shape index (κ3) is 5.30. The summed E-state index contributed by atoms with van der Waals surface area (Å²) < 4.78 is 21.1. The largest absolute Gasteiger partial charge is 0.493 e. The van der Waals surface area contributed by atoms with Crippen molar-refractivity contribution in [3.63, 3.8) is 0 Å². The maximum Gasteiger partial charge on any atom is 0.271 e. The topological polar surface area (TPSA) is 74.5 Å². The fraction of sp³-hybridized carbons (Fsp3) is 0.276. The Morgan fingerprint density at radius 3 is 2.58 bits per heavy atom. The summed E-state index contributed by atoms with van der Waals surface area (Å²) >= 11 is 0. The quantitative estimate of drug-likeness (QED) is 0.277. The van der Waals surface area contributed by atoms with E-state index >= 15 is 0 Å². The first-order valence-corrected chi connectivity index (χ1v) is 12.1. The van der Waals surface area contributed by atoms with Gasteiger partial charge in [0.2, 0.25) is 0 Å². The summed E-state index contributed by atoms with van der Waals surface area (Å²) in [5.74, 6) is -0.153. The highest BCUT2D eigenvalue weighted by Crippen LogP contribution is 2.39. The minimum atomic E-state index is -0.406. The molecule has 1 heterocycles. The number of ether oxygens (including phenoxy) is 1. The molecule has 0 atom stereocenters. The van der Waals surface area contributed by atoms with Gasteiger partial charge in [-0.05, 0) is 78.1 Å². The van der Waals surface area contributed by atoms with E-state index in [4.69, 9.17) is 4.74 Å². The molecule has 0 saturated carbocycles. The van der Waals surface area contributed by atoms with Crippen molar-refractivity contribution >= 4 is 17.2 Å². The second kappa shape index (κ2) is 10.7.